The summed E-state index contributed by atoms with van der Waals surface area (Å²) in [7, 11) is 0. The van der Waals surface area contributed by atoms with Crippen molar-refractivity contribution in [2.24, 2.45) is 0 Å². The molecule has 2 heteroatoms. The standard InChI is InChI=1S/C11H12O2/c1-2-9-3-4-11(13-7-9)10-5-6-12-8-10/h2-3,5-6,8,11H,1,4,7H2/t11-/m1/s1. The molecule has 0 N–H and O–H groups in total. The van der Waals surface area contributed by atoms with E-state index in [0.29, 0.717) is 6.61 Å². The van der Waals surface area contributed by atoms with Crippen LogP contribution in [0.1, 0.15) is 18.1 Å². The largest absolute Gasteiger partial charge is 0.472 e. The molecule has 13 heavy (non-hydrogen) atoms. The summed E-state index contributed by atoms with van der Waals surface area (Å²) in [6.07, 6.45) is 8.46. The summed E-state index contributed by atoms with van der Waals surface area (Å²) in [5, 5.41) is 0. The Kier molecular flexibility index (Phi) is 2.32. The van der Waals surface area contributed by atoms with Crippen LogP contribution in [-0.4, -0.2) is 6.61 Å². The van der Waals surface area contributed by atoms with E-state index >= 15 is 0 Å². The average Bonchev–Trinajstić information content (AvgIpc) is 2.71. The average molecular weight is 176 g/mol. The van der Waals surface area contributed by atoms with Crippen molar-refractivity contribution in [3.8, 4) is 0 Å². The number of hydrogen-bond donors (Lipinski definition) is 0. The SMILES string of the molecule is C=CC1=CC[C@H](c2ccoc2)OC1. The lowest BCUT2D eigenvalue weighted by Crippen LogP contribution is -2.10. The fraction of sp³-hybridized carbons (Fsp3) is 0.273. The van der Waals surface area contributed by atoms with Crippen LogP contribution in [0.3, 0.4) is 0 Å². The molecule has 0 aliphatic carbocycles. The fourth-order valence-corrected chi connectivity index (χ4v) is 1.41. The summed E-state index contributed by atoms with van der Waals surface area (Å²) in [4.78, 5) is 0. The second-order valence-electron chi connectivity index (χ2n) is 3.08. The number of furan rings is 1. The van der Waals surface area contributed by atoms with Gasteiger partial charge in [0.2, 0.25) is 0 Å². The maximum atomic E-state index is 5.63. The van der Waals surface area contributed by atoms with Crippen LogP contribution in [0.4, 0.5) is 0 Å². The highest BCUT2D eigenvalue weighted by atomic mass is 16.5. The normalized spacial score (nSPS) is 22.5. The highest BCUT2D eigenvalue weighted by molar-refractivity contribution is 5.21. The van der Waals surface area contributed by atoms with E-state index in [1.165, 1.54) is 5.57 Å². The fourth-order valence-electron chi connectivity index (χ4n) is 1.41. The summed E-state index contributed by atoms with van der Waals surface area (Å²) in [6, 6.07) is 1.94. The van der Waals surface area contributed by atoms with Crippen LogP contribution in [0.15, 0.2) is 47.3 Å². The Morgan fingerprint density at radius 1 is 1.54 bits per heavy atom. The quantitative estimate of drug-likeness (QED) is 0.691. The molecule has 1 atom stereocenters. The first-order valence-corrected chi connectivity index (χ1v) is 4.35. The second kappa shape index (κ2) is 3.62. The Labute approximate surface area is 77.5 Å². The third-order valence-corrected chi connectivity index (χ3v) is 2.22. The highest BCUT2D eigenvalue weighted by Crippen LogP contribution is 2.27. The highest BCUT2D eigenvalue weighted by Gasteiger charge is 2.16. The predicted molar refractivity (Wildman–Crippen MR) is 50.3 cm³/mol. The van der Waals surface area contributed by atoms with Crippen LogP contribution >= 0.6 is 0 Å². The van der Waals surface area contributed by atoms with Gasteiger partial charge in [0.05, 0.1) is 25.2 Å². The Morgan fingerprint density at radius 2 is 2.46 bits per heavy atom. The summed E-state index contributed by atoms with van der Waals surface area (Å²) in [6.45, 7) is 4.36. The van der Waals surface area contributed by atoms with Crippen LogP contribution in [0.5, 0.6) is 0 Å². The molecule has 2 nitrogen and oxygen atoms in total. The van der Waals surface area contributed by atoms with Gasteiger partial charge in [-0.05, 0) is 18.1 Å². The Balaban J connectivity index is 2.07. The van der Waals surface area contributed by atoms with Crippen molar-refractivity contribution in [2.75, 3.05) is 6.61 Å². The topological polar surface area (TPSA) is 22.4 Å². The van der Waals surface area contributed by atoms with Gasteiger partial charge in [-0.25, -0.2) is 0 Å². The summed E-state index contributed by atoms with van der Waals surface area (Å²) in [5.41, 5.74) is 2.28. The van der Waals surface area contributed by atoms with Gasteiger partial charge in [0, 0.05) is 5.56 Å². The lowest BCUT2D eigenvalue weighted by Gasteiger charge is -2.20. The van der Waals surface area contributed by atoms with Crippen molar-refractivity contribution in [3.05, 3.63) is 48.5 Å². The molecule has 0 radical (unpaired) electrons. The zero-order chi connectivity index (χ0) is 9.10. The van der Waals surface area contributed by atoms with Crippen molar-refractivity contribution in [2.45, 2.75) is 12.5 Å². The van der Waals surface area contributed by atoms with Crippen LogP contribution in [0.25, 0.3) is 0 Å². The van der Waals surface area contributed by atoms with Gasteiger partial charge in [0.1, 0.15) is 0 Å². The first-order chi connectivity index (χ1) is 6.40. The second-order valence-corrected chi connectivity index (χ2v) is 3.08. The smallest absolute Gasteiger partial charge is 0.0960 e. The summed E-state index contributed by atoms with van der Waals surface area (Å²) in [5.74, 6) is 0. The zero-order valence-corrected chi connectivity index (χ0v) is 7.40. The molecule has 0 saturated heterocycles. The molecule has 0 bridgehead atoms. The first kappa shape index (κ1) is 8.32. The zero-order valence-electron chi connectivity index (χ0n) is 7.40. The van der Waals surface area contributed by atoms with Crippen LogP contribution in [0.2, 0.25) is 0 Å². The van der Waals surface area contributed by atoms with E-state index in [1.54, 1.807) is 12.5 Å². The van der Waals surface area contributed by atoms with E-state index in [4.69, 9.17) is 9.15 Å². The van der Waals surface area contributed by atoms with Gasteiger partial charge < -0.3 is 9.15 Å². The maximum absolute atomic E-state index is 5.63. The Bertz CT molecular complexity index is 309. The molecule has 1 aromatic heterocycles. The molecule has 2 rings (SSSR count). The molecule has 0 saturated carbocycles. The van der Waals surface area contributed by atoms with Crippen molar-refractivity contribution in [1.29, 1.82) is 0 Å². The molecule has 0 spiro atoms. The van der Waals surface area contributed by atoms with E-state index in [9.17, 15) is 0 Å². The van der Waals surface area contributed by atoms with Crippen molar-refractivity contribution in [3.63, 3.8) is 0 Å². The molecule has 1 aromatic rings. The molecule has 0 unspecified atom stereocenters. The van der Waals surface area contributed by atoms with E-state index in [1.807, 2.05) is 12.1 Å². The van der Waals surface area contributed by atoms with Crippen LogP contribution in [0, 0.1) is 0 Å². The van der Waals surface area contributed by atoms with Gasteiger partial charge >= 0.3 is 0 Å². The van der Waals surface area contributed by atoms with Gasteiger partial charge in [0.15, 0.2) is 0 Å². The molecule has 1 aliphatic heterocycles. The van der Waals surface area contributed by atoms with E-state index in [0.717, 1.165) is 12.0 Å². The van der Waals surface area contributed by atoms with Crippen LogP contribution in [-0.2, 0) is 4.74 Å². The number of hydrogen-bond acceptors (Lipinski definition) is 2. The molecule has 68 valence electrons. The maximum Gasteiger partial charge on any atom is 0.0960 e. The Morgan fingerprint density at radius 3 is 3.00 bits per heavy atom. The number of ether oxygens (including phenoxy) is 1. The number of rotatable bonds is 2. The van der Waals surface area contributed by atoms with Gasteiger partial charge in [-0.2, -0.15) is 0 Å². The van der Waals surface area contributed by atoms with E-state index in [-0.39, 0.29) is 6.10 Å². The van der Waals surface area contributed by atoms with Gasteiger partial charge in [-0.3, -0.25) is 0 Å². The Hall–Kier alpha value is -1.28. The summed E-state index contributed by atoms with van der Waals surface area (Å²) >= 11 is 0. The minimum Gasteiger partial charge on any atom is -0.472 e. The summed E-state index contributed by atoms with van der Waals surface area (Å²) < 4.78 is 10.6. The van der Waals surface area contributed by atoms with Gasteiger partial charge in [-0.1, -0.05) is 18.7 Å². The third-order valence-electron chi connectivity index (χ3n) is 2.22. The first-order valence-electron chi connectivity index (χ1n) is 4.35. The molecular weight excluding hydrogens is 164 g/mol. The molecule has 0 aromatic carbocycles. The molecule has 0 amide bonds. The lowest BCUT2D eigenvalue weighted by atomic mass is 10.1. The molecular formula is C11H12O2. The van der Waals surface area contributed by atoms with E-state index < -0.39 is 0 Å². The van der Waals surface area contributed by atoms with Gasteiger partial charge in [0.25, 0.3) is 0 Å². The monoisotopic (exact) mass is 176 g/mol. The van der Waals surface area contributed by atoms with Crippen molar-refractivity contribution >= 4 is 0 Å². The minimum absolute atomic E-state index is 0.155. The lowest BCUT2D eigenvalue weighted by molar-refractivity contribution is 0.0630. The minimum atomic E-state index is 0.155. The van der Waals surface area contributed by atoms with Crippen molar-refractivity contribution in [1.82, 2.24) is 0 Å². The molecule has 2 heterocycles. The van der Waals surface area contributed by atoms with Crippen molar-refractivity contribution < 1.29 is 9.15 Å². The van der Waals surface area contributed by atoms with Gasteiger partial charge in [-0.15, -0.1) is 0 Å². The predicted octanol–water partition coefficient (Wildman–Crippen LogP) is 2.85. The molecule has 0 fully saturated rings. The van der Waals surface area contributed by atoms with E-state index in [2.05, 4.69) is 12.7 Å². The van der Waals surface area contributed by atoms with Crippen LogP contribution < -0.4 is 0 Å². The molecule has 1 aliphatic rings. The third kappa shape index (κ3) is 1.73.